The van der Waals surface area contributed by atoms with Crippen molar-refractivity contribution < 1.29 is 4.74 Å². The Morgan fingerprint density at radius 3 is 2.57 bits per heavy atom. The van der Waals surface area contributed by atoms with Crippen molar-refractivity contribution in [1.82, 2.24) is 14.9 Å². The third kappa shape index (κ3) is 3.06. The van der Waals surface area contributed by atoms with Crippen molar-refractivity contribution in [2.75, 3.05) is 13.1 Å². The standard InChI is InChI=1S/C15H20ClN3OS/c1-8-5-19(6-9(2)20-8)7-12-17-14(16)13-10(3)11(4)21-15(13)18-12/h8-9H,5-7H2,1-4H3/t8-,9+. The number of fused-ring (bicyclic) bond motifs is 1. The second-order valence-electron chi connectivity index (χ2n) is 5.85. The van der Waals surface area contributed by atoms with Crippen LogP contribution in [0.25, 0.3) is 10.2 Å². The fourth-order valence-electron chi connectivity index (χ4n) is 2.93. The van der Waals surface area contributed by atoms with Gasteiger partial charge in [0.1, 0.15) is 15.8 Å². The van der Waals surface area contributed by atoms with Gasteiger partial charge in [-0.05, 0) is 33.3 Å². The average molecular weight is 326 g/mol. The molecule has 0 saturated carbocycles. The molecule has 0 unspecified atom stereocenters. The van der Waals surface area contributed by atoms with E-state index in [-0.39, 0.29) is 12.2 Å². The lowest BCUT2D eigenvalue weighted by Crippen LogP contribution is -2.45. The van der Waals surface area contributed by atoms with Gasteiger partial charge in [-0.1, -0.05) is 11.6 Å². The quantitative estimate of drug-likeness (QED) is 0.791. The minimum Gasteiger partial charge on any atom is -0.373 e. The van der Waals surface area contributed by atoms with Gasteiger partial charge in [0, 0.05) is 18.0 Å². The molecule has 0 amide bonds. The van der Waals surface area contributed by atoms with Crippen LogP contribution in [0, 0.1) is 13.8 Å². The van der Waals surface area contributed by atoms with E-state index in [1.54, 1.807) is 11.3 Å². The topological polar surface area (TPSA) is 38.2 Å². The van der Waals surface area contributed by atoms with Gasteiger partial charge in [0.05, 0.1) is 24.1 Å². The van der Waals surface area contributed by atoms with E-state index < -0.39 is 0 Å². The smallest absolute Gasteiger partial charge is 0.145 e. The predicted octanol–water partition coefficient (Wildman–Crippen LogP) is 3.57. The zero-order chi connectivity index (χ0) is 15.1. The molecule has 6 heteroatoms. The van der Waals surface area contributed by atoms with Gasteiger partial charge in [0.25, 0.3) is 0 Å². The van der Waals surface area contributed by atoms with E-state index in [1.807, 2.05) is 0 Å². The summed E-state index contributed by atoms with van der Waals surface area (Å²) in [6, 6.07) is 0. The Hall–Kier alpha value is -0.750. The number of ether oxygens (including phenoxy) is 1. The van der Waals surface area contributed by atoms with Gasteiger partial charge >= 0.3 is 0 Å². The lowest BCUT2D eigenvalue weighted by Gasteiger charge is -2.34. The van der Waals surface area contributed by atoms with Crippen LogP contribution >= 0.6 is 22.9 Å². The number of halogens is 1. The van der Waals surface area contributed by atoms with Crippen LogP contribution in [0.4, 0.5) is 0 Å². The highest BCUT2D eigenvalue weighted by atomic mass is 35.5. The van der Waals surface area contributed by atoms with E-state index in [4.69, 9.17) is 21.3 Å². The molecule has 3 heterocycles. The molecule has 3 rings (SSSR count). The van der Waals surface area contributed by atoms with Gasteiger partial charge in [-0.25, -0.2) is 9.97 Å². The van der Waals surface area contributed by atoms with Crippen LogP contribution in [0.5, 0.6) is 0 Å². The molecule has 1 saturated heterocycles. The first-order valence-electron chi connectivity index (χ1n) is 7.24. The van der Waals surface area contributed by atoms with E-state index in [0.29, 0.717) is 5.15 Å². The average Bonchev–Trinajstić information content (AvgIpc) is 2.63. The molecule has 2 aromatic rings. The Labute approximate surface area is 134 Å². The number of hydrogen-bond acceptors (Lipinski definition) is 5. The van der Waals surface area contributed by atoms with Crippen molar-refractivity contribution in [1.29, 1.82) is 0 Å². The van der Waals surface area contributed by atoms with Crippen LogP contribution in [0.15, 0.2) is 0 Å². The predicted molar refractivity (Wildman–Crippen MR) is 87.2 cm³/mol. The second kappa shape index (κ2) is 5.80. The van der Waals surface area contributed by atoms with Crippen LogP contribution in [-0.4, -0.2) is 40.2 Å². The van der Waals surface area contributed by atoms with Gasteiger partial charge in [0.15, 0.2) is 0 Å². The summed E-state index contributed by atoms with van der Waals surface area (Å²) in [5.74, 6) is 0.801. The van der Waals surface area contributed by atoms with E-state index in [1.165, 1.54) is 10.4 Å². The minimum atomic E-state index is 0.249. The van der Waals surface area contributed by atoms with Gasteiger partial charge in [-0.2, -0.15) is 0 Å². The van der Waals surface area contributed by atoms with E-state index in [9.17, 15) is 0 Å². The third-order valence-corrected chi connectivity index (χ3v) is 5.27. The van der Waals surface area contributed by atoms with E-state index >= 15 is 0 Å². The number of hydrogen-bond donors (Lipinski definition) is 0. The van der Waals surface area contributed by atoms with E-state index in [0.717, 1.165) is 35.7 Å². The van der Waals surface area contributed by atoms with Crippen molar-refractivity contribution in [3.05, 3.63) is 21.4 Å². The molecule has 114 valence electrons. The highest BCUT2D eigenvalue weighted by Gasteiger charge is 2.23. The number of morpholine rings is 1. The fourth-order valence-corrected chi connectivity index (χ4v) is 4.36. The van der Waals surface area contributed by atoms with Crippen LogP contribution in [0.3, 0.4) is 0 Å². The first kappa shape index (κ1) is 15.2. The normalized spacial score (nSPS) is 23.9. The number of nitrogens with zero attached hydrogens (tertiary/aromatic N) is 3. The van der Waals surface area contributed by atoms with Crippen LogP contribution in [0.1, 0.15) is 30.1 Å². The molecule has 21 heavy (non-hydrogen) atoms. The number of aryl methyl sites for hydroxylation is 2. The molecule has 0 bridgehead atoms. The summed E-state index contributed by atoms with van der Waals surface area (Å²) < 4.78 is 5.76. The van der Waals surface area contributed by atoms with Gasteiger partial charge in [-0.3, -0.25) is 4.90 Å². The summed E-state index contributed by atoms with van der Waals surface area (Å²) in [6.45, 7) is 10.9. The lowest BCUT2D eigenvalue weighted by atomic mass is 10.2. The Bertz CT molecular complexity index is 662. The summed E-state index contributed by atoms with van der Waals surface area (Å²) >= 11 is 8.06. The lowest BCUT2D eigenvalue weighted by molar-refractivity contribution is -0.0710. The van der Waals surface area contributed by atoms with Crippen molar-refractivity contribution in [2.24, 2.45) is 0 Å². The molecule has 1 aliphatic rings. The number of aromatic nitrogens is 2. The molecule has 0 aromatic carbocycles. The van der Waals surface area contributed by atoms with Crippen molar-refractivity contribution in [3.8, 4) is 0 Å². The highest BCUT2D eigenvalue weighted by molar-refractivity contribution is 7.18. The molecule has 1 fully saturated rings. The molecule has 2 aromatic heterocycles. The second-order valence-corrected chi connectivity index (χ2v) is 7.41. The molecular formula is C15H20ClN3OS. The zero-order valence-corrected chi connectivity index (χ0v) is 14.4. The first-order valence-corrected chi connectivity index (χ1v) is 8.43. The van der Waals surface area contributed by atoms with E-state index in [2.05, 4.69) is 37.6 Å². The Balaban J connectivity index is 1.87. The van der Waals surface area contributed by atoms with Crippen molar-refractivity contribution >= 4 is 33.2 Å². The Kier molecular flexibility index (Phi) is 4.19. The monoisotopic (exact) mass is 325 g/mol. The molecule has 0 N–H and O–H groups in total. The van der Waals surface area contributed by atoms with Crippen LogP contribution in [0.2, 0.25) is 5.15 Å². The highest BCUT2D eigenvalue weighted by Crippen LogP contribution is 2.33. The number of rotatable bonds is 2. The molecule has 1 aliphatic heterocycles. The first-order chi connectivity index (χ1) is 9.94. The molecule has 0 aliphatic carbocycles. The summed E-state index contributed by atoms with van der Waals surface area (Å²) in [7, 11) is 0. The SMILES string of the molecule is Cc1sc2nc(CN3C[C@@H](C)O[C@@H](C)C3)nc(Cl)c2c1C. The third-order valence-electron chi connectivity index (χ3n) is 3.89. The Morgan fingerprint density at radius 2 is 1.90 bits per heavy atom. The maximum absolute atomic E-state index is 6.37. The maximum atomic E-state index is 6.37. The zero-order valence-electron chi connectivity index (χ0n) is 12.8. The fraction of sp³-hybridized carbons (Fsp3) is 0.600. The number of thiophene rings is 1. The van der Waals surface area contributed by atoms with Crippen LogP contribution in [-0.2, 0) is 11.3 Å². The van der Waals surface area contributed by atoms with Gasteiger partial charge in [0.2, 0.25) is 0 Å². The molecule has 0 spiro atoms. The van der Waals surface area contributed by atoms with Gasteiger partial charge in [-0.15, -0.1) is 11.3 Å². The van der Waals surface area contributed by atoms with Crippen molar-refractivity contribution in [2.45, 2.75) is 46.4 Å². The molecule has 2 atom stereocenters. The Morgan fingerprint density at radius 1 is 1.24 bits per heavy atom. The molecule has 0 radical (unpaired) electrons. The summed E-state index contributed by atoms with van der Waals surface area (Å²) in [5, 5.41) is 1.58. The summed E-state index contributed by atoms with van der Waals surface area (Å²) in [5.41, 5.74) is 1.19. The minimum absolute atomic E-state index is 0.249. The van der Waals surface area contributed by atoms with Crippen molar-refractivity contribution in [3.63, 3.8) is 0 Å². The molecule has 4 nitrogen and oxygen atoms in total. The van der Waals surface area contributed by atoms with Gasteiger partial charge < -0.3 is 4.74 Å². The molecular weight excluding hydrogens is 306 g/mol. The summed E-state index contributed by atoms with van der Waals surface area (Å²) in [6.07, 6.45) is 0.498. The largest absolute Gasteiger partial charge is 0.373 e. The summed E-state index contributed by atoms with van der Waals surface area (Å²) in [4.78, 5) is 13.8. The maximum Gasteiger partial charge on any atom is 0.145 e. The van der Waals surface area contributed by atoms with Crippen LogP contribution < -0.4 is 0 Å².